The van der Waals surface area contributed by atoms with E-state index < -0.39 is 0 Å². The molecule has 0 spiro atoms. The number of nitrogens with zero attached hydrogens (tertiary/aromatic N) is 1. The lowest BCUT2D eigenvalue weighted by molar-refractivity contribution is -0.120. The summed E-state index contributed by atoms with van der Waals surface area (Å²) in [5.74, 6) is -0.0805. The van der Waals surface area contributed by atoms with E-state index in [-0.39, 0.29) is 18.1 Å². The van der Waals surface area contributed by atoms with Crippen molar-refractivity contribution in [2.45, 2.75) is 6.42 Å². The van der Waals surface area contributed by atoms with Gasteiger partial charge in [0.15, 0.2) is 0 Å². The minimum Gasteiger partial charge on any atom is -0.507 e. The van der Waals surface area contributed by atoms with E-state index in [1.807, 2.05) is 72.8 Å². The summed E-state index contributed by atoms with van der Waals surface area (Å²) in [7, 11) is 0. The van der Waals surface area contributed by atoms with E-state index in [2.05, 4.69) is 10.5 Å². The number of nitrogens with one attached hydrogen (secondary N) is 1. The van der Waals surface area contributed by atoms with Gasteiger partial charge in [-0.1, -0.05) is 72.8 Å². The van der Waals surface area contributed by atoms with E-state index >= 15 is 0 Å². The van der Waals surface area contributed by atoms with Gasteiger partial charge in [0, 0.05) is 5.56 Å². The van der Waals surface area contributed by atoms with Crippen LogP contribution in [0.25, 0.3) is 21.5 Å². The zero-order valence-electron chi connectivity index (χ0n) is 14.6. The smallest absolute Gasteiger partial charge is 0.244 e. The lowest BCUT2D eigenvalue weighted by atomic mass is 10.0. The summed E-state index contributed by atoms with van der Waals surface area (Å²) < 4.78 is 0. The van der Waals surface area contributed by atoms with Crippen LogP contribution in [0.15, 0.2) is 84.0 Å². The van der Waals surface area contributed by atoms with Gasteiger partial charge in [-0.05, 0) is 33.2 Å². The monoisotopic (exact) mass is 354 g/mol. The minimum absolute atomic E-state index is 0.126. The Hall–Kier alpha value is -3.66. The highest BCUT2D eigenvalue weighted by Gasteiger charge is 2.07. The second-order valence-electron chi connectivity index (χ2n) is 6.33. The number of fused-ring (bicyclic) bond motifs is 2. The van der Waals surface area contributed by atoms with Gasteiger partial charge in [-0.2, -0.15) is 5.10 Å². The van der Waals surface area contributed by atoms with Gasteiger partial charge in [-0.15, -0.1) is 0 Å². The van der Waals surface area contributed by atoms with Crippen LogP contribution in [0.5, 0.6) is 5.75 Å². The topological polar surface area (TPSA) is 61.7 Å². The fourth-order valence-electron chi connectivity index (χ4n) is 3.25. The zero-order valence-corrected chi connectivity index (χ0v) is 14.6. The lowest BCUT2D eigenvalue weighted by Gasteiger charge is -2.06. The number of carbonyl (C=O) groups excluding carboxylic acids is 1. The molecule has 132 valence electrons. The van der Waals surface area contributed by atoms with Gasteiger partial charge in [-0.3, -0.25) is 4.79 Å². The average molecular weight is 354 g/mol. The molecule has 0 saturated heterocycles. The fourth-order valence-corrected chi connectivity index (χ4v) is 3.25. The molecule has 0 radical (unpaired) electrons. The third-order valence-electron chi connectivity index (χ3n) is 4.56. The first-order chi connectivity index (χ1) is 13.2. The predicted octanol–water partition coefficient (Wildman–Crippen LogP) is 4.39. The van der Waals surface area contributed by atoms with E-state index in [0.717, 1.165) is 27.1 Å². The van der Waals surface area contributed by atoms with Crippen LogP contribution in [0, 0.1) is 0 Å². The number of hydrazone groups is 1. The normalized spacial score (nSPS) is 11.3. The van der Waals surface area contributed by atoms with Crippen LogP contribution in [-0.2, 0) is 11.2 Å². The van der Waals surface area contributed by atoms with Crippen molar-refractivity contribution in [2.75, 3.05) is 0 Å². The molecule has 0 aliphatic rings. The lowest BCUT2D eigenvalue weighted by Crippen LogP contribution is -2.19. The van der Waals surface area contributed by atoms with Crippen molar-refractivity contribution in [3.05, 3.63) is 90.0 Å². The standard InChI is InChI=1S/C23H18N2O2/c26-22-13-12-17-7-2-4-11-20(17)21(22)15-24-25-23(27)14-18-9-5-8-16-6-1-3-10-19(16)18/h1-13,15,26H,14H2,(H,25,27)/b24-15+. The van der Waals surface area contributed by atoms with E-state index in [9.17, 15) is 9.90 Å². The van der Waals surface area contributed by atoms with Gasteiger partial charge in [0.05, 0.1) is 12.6 Å². The Labute approximate surface area is 156 Å². The molecule has 0 bridgehead atoms. The summed E-state index contributed by atoms with van der Waals surface area (Å²) >= 11 is 0. The molecule has 0 saturated carbocycles. The molecule has 0 fully saturated rings. The molecule has 4 aromatic rings. The number of rotatable bonds is 4. The number of hydrogen-bond acceptors (Lipinski definition) is 3. The molecule has 0 aromatic heterocycles. The predicted molar refractivity (Wildman–Crippen MR) is 109 cm³/mol. The first-order valence-corrected chi connectivity index (χ1v) is 8.71. The first kappa shape index (κ1) is 16.8. The maximum absolute atomic E-state index is 12.3. The third kappa shape index (κ3) is 3.51. The van der Waals surface area contributed by atoms with E-state index in [0.29, 0.717) is 5.56 Å². The minimum atomic E-state index is -0.206. The molecular weight excluding hydrogens is 336 g/mol. The molecule has 4 aromatic carbocycles. The Morgan fingerprint density at radius 3 is 2.33 bits per heavy atom. The maximum atomic E-state index is 12.3. The number of aromatic hydroxyl groups is 1. The summed E-state index contributed by atoms with van der Waals surface area (Å²) in [4.78, 5) is 12.3. The number of phenolic OH excluding ortho intramolecular Hbond substituents is 1. The Morgan fingerprint density at radius 1 is 0.852 bits per heavy atom. The summed E-state index contributed by atoms with van der Waals surface area (Å²) in [6.45, 7) is 0. The van der Waals surface area contributed by atoms with Gasteiger partial charge in [0.1, 0.15) is 5.75 Å². The van der Waals surface area contributed by atoms with E-state index in [1.165, 1.54) is 6.21 Å². The molecule has 0 aliphatic carbocycles. The molecule has 0 unspecified atom stereocenters. The van der Waals surface area contributed by atoms with Crippen molar-refractivity contribution in [3.63, 3.8) is 0 Å². The molecular formula is C23H18N2O2. The van der Waals surface area contributed by atoms with Gasteiger partial charge in [-0.25, -0.2) is 5.43 Å². The summed E-state index contributed by atoms with van der Waals surface area (Å²) in [5, 5.41) is 18.2. The SMILES string of the molecule is O=C(Cc1cccc2ccccc12)N/N=C/c1c(O)ccc2ccccc12. The van der Waals surface area contributed by atoms with Crippen LogP contribution in [-0.4, -0.2) is 17.2 Å². The van der Waals surface area contributed by atoms with Crippen LogP contribution >= 0.6 is 0 Å². The fraction of sp³-hybridized carbons (Fsp3) is 0.0435. The van der Waals surface area contributed by atoms with Crippen molar-refractivity contribution >= 4 is 33.7 Å². The molecule has 0 heterocycles. The molecule has 27 heavy (non-hydrogen) atoms. The van der Waals surface area contributed by atoms with E-state index in [4.69, 9.17) is 0 Å². The zero-order chi connectivity index (χ0) is 18.6. The van der Waals surface area contributed by atoms with Crippen LogP contribution < -0.4 is 5.43 Å². The molecule has 1 amide bonds. The maximum Gasteiger partial charge on any atom is 0.244 e. The highest BCUT2D eigenvalue weighted by Crippen LogP contribution is 2.25. The summed E-state index contributed by atoms with van der Waals surface area (Å²) in [6, 6.07) is 25.1. The summed E-state index contributed by atoms with van der Waals surface area (Å²) in [5.41, 5.74) is 4.09. The molecule has 4 nitrogen and oxygen atoms in total. The van der Waals surface area contributed by atoms with Gasteiger partial charge in [0.2, 0.25) is 5.91 Å². The molecule has 4 heteroatoms. The van der Waals surface area contributed by atoms with Gasteiger partial charge >= 0.3 is 0 Å². The molecule has 4 rings (SSSR count). The Morgan fingerprint density at radius 2 is 1.52 bits per heavy atom. The first-order valence-electron chi connectivity index (χ1n) is 8.71. The number of benzene rings is 4. The Kier molecular flexibility index (Phi) is 4.54. The van der Waals surface area contributed by atoms with Crippen molar-refractivity contribution in [2.24, 2.45) is 5.10 Å². The van der Waals surface area contributed by atoms with Crippen molar-refractivity contribution in [3.8, 4) is 5.75 Å². The Bertz CT molecular complexity index is 1160. The second-order valence-corrected chi connectivity index (χ2v) is 6.33. The van der Waals surface area contributed by atoms with Crippen molar-refractivity contribution < 1.29 is 9.90 Å². The van der Waals surface area contributed by atoms with Crippen LogP contribution in [0.3, 0.4) is 0 Å². The van der Waals surface area contributed by atoms with Crippen molar-refractivity contribution in [1.29, 1.82) is 0 Å². The Balaban J connectivity index is 1.52. The highest BCUT2D eigenvalue weighted by molar-refractivity contribution is 6.02. The quantitative estimate of drug-likeness (QED) is 0.422. The van der Waals surface area contributed by atoms with Gasteiger partial charge < -0.3 is 5.11 Å². The van der Waals surface area contributed by atoms with E-state index in [1.54, 1.807) is 6.07 Å². The third-order valence-corrected chi connectivity index (χ3v) is 4.56. The highest BCUT2D eigenvalue weighted by atomic mass is 16.3. The molecule has 2 N–H and O–H groups in total. The number of amides is 1. The average Bonchev–Trinajstić information content (AvgIpc) is 2.70. The number of phenols is 1. The van der Waals surface area contributed by atoms with Crippen LogP contribution in [0.4, 0.5) is 0 Å². The molecule has 0 aliphatic heterocycles. The summed E-state index contributed by atoms with van der Waals surface area (Å²) in [6.07, 6.45) is 1.72. The number of carbonyl (C=O) groups is 1. The number of hydrogen-bond donors (Lipinski definition) is 2. The molecule has 0 atom stereocenters. The van der Waals surface area contributed by atoms with Crippen LogP contribution in [0.2, 0.25) is 0 Å². The van der Waals surface area contributed by atoms with Crippen molar-refractivity contribution in [1.82, 2.24) is 5.43 Å². The van der Waals surface area contributed by atoms with Crippen LogP contribution in [0.1, 0.15) is 11.1 Å². The largest absolute Gasteiger partial charge is 0.507 e. The second kappa shape index (κ2) is 7.30. The van der Waals surface area contributed by atoms with Gasteiger partial charge in [0.25, 0.3) is 0 Å².